The summed E-state index contributed by atoms with van der Waals surface area (Å²) in [5, 5.41) is 0. The molecule has 2 heterocycles. The van der Waals surface area contributed by atoms with E-state index in [4.69, 9.17) is 9.47 Å². The smallest absolute Gasteiger partial charge is 0.240 e. The van der Waals surface area contributed by atoms with E-state index >= 15 is 0 Å². The van der Waals surface area contributed by atoms with Gasteiger partial charge in [0.15, 0.2) is 11.5 Å². The SMILES string of the molecule is C[C@@H]1CCN(C(=O)CCNS(=O)(=O)c2ccc3c(c2)OCCCO3)[C@H]2CCCC[C@@H]12. The lowest BCUT2D eigenvalue weighted by Gasteiger charge is -2.47. The molecule has 3 aliphatic rings. The zero-order valence-electron chi connectivity index (χ0n) is 17.6. The summed E-state index contributed by atoms with van der Waals surface area (Å²) in [5.41, 5.74) is 0. The second kappa shape index (κ2) is 9.14. The number of nitrogens with one attached hydrogen (secondary N) is 1. The molecule has 7 nitrogen and oxygen atoms in total. The maximum atomic E-state index is 12.9. The van der Waals surface area contributed by atoms with Crippen molar-refractivity contribution in [1.29, 1.82) is 0 Å². The molecule has 0 radical (unpaired) electrons. The molecule has 0 spiro atoms. The zero-order valence-corrected chi connectivity index (χ0v) is 18.5. The number of likely N-dealkylation sites (tertiary alicyclic amines) is 1. The second-order valence-electron chi connectivity index (χ2n) is 8.68. The Kier molecular flexibility index (Phi) is 6.53. The van der Waals surface area contributed by atoms with Crippen molar-refractivity contribution in [3.05, 3.63) is 18.2 Å². The van der Waals surface area contributed by atoms with Crippen LogP contribution < -0.4 is 14.2 Å². The first-order chi connectivity index (χ1) is 14.5. The van der Waals surface area contributed by atoms with Gasteiger partial charge < -0.3 is 14.4 Å². The summed E-state index contributed by atoms with van der Waals surface area (Å²) in [6, 6.07) is 4.95. The number of amides is 1. The number of piperidine rings is 1. The summed E-state index contributed by atoms with van der Waals surface area (Å²) in [6.45, 7) is 4.23. The minimum absolute atomic E-state index is 0.0557. The fraction of sp³-hybridized carbons (Fsp3) is 0.682. The van der Waals surface area contributed by atoms with Gasteiger partial charge in [-0.3, -0.25) is 4.79 Å². The van der Waals surface area contributed by atoms with E-state index in [1.54, 1.807) is 6.07 Å². The molecule has 1 saturated carbocycles. The molecule has 1 aromatic carbocycles. The van der Waals surface area contributed by atoms with E-state index in [1.807, 2.05) is 4.90 Å². The molecule has 8 heteroatoms. The molecule has 0 aromatic heterocycles. The van der Waals surface area contributed by atoms with Crippen molar-refractivity contribution in [3.8, 4) is 11.5 Å². The number of sulfonamides is 1. The number of carbonyl (C=O) groups excluding carboxylic acids is 1. The van der Waals surface area contributed by atoms with E-state index in [1.165, 1.54) is 31.4 Å². The van der Waals surface area contributed by atoms with Crippen LogP contribution in [0.5, 0.6) is 11.5 Å². The standard InChI is InChI=1S/C22H32N2O5S/c1-16-10-12-24(19-6-3-2-5-18(16)19)22(25)9-11-23-30(26,27)17-7-8-20-21(15-17)29-14-4-13-28-20/h7-8,15-16,18-19,23H,2-6,9-14H2,1H3/t16-,18+,19+/m1/s1. The lowest BCUT2D eigenvalue weighted by molar-refractivity contribution is -0.138. The first-order valence-corrected chi connectivity index (χ1v) is 12.6. The average molecular weight is 437 g/mol. The summed E-state index contributed by atoms with van der Waals surface area (Å²) >= 11 is 0. The molecule has 1 saturated heterocycles. The molecule has 2 fully saturated rings. The van der Waals surface area contributed by atoms with Gasteiger partial charge in [0.25, 0.3) is 0 Å². The quantitative estimate of drug-likeness (QED) is 0.767. The predicted octanol–water partition coefficient (Wildman–Crippen LogP) is 2.94. The molecule has 3 atom stereocenters. The third-order valence-corrected chi connectivity index (χ3v) is 8.18. The predicted molar refractivity (Wildman–Crippen MR) is 113 cm³/mol. The number of carbonyl (C=O) groups is 1. The molecule has 166 valence electrons. The van der Waals surface area contributed by atoms with Crippen molar-refractivity contribution >= 4 is 15.9 Å². The Morgan fingerprint density at radius 1 is 1.10 bits per heavy atom. The van der Waals surface area contributed by atoms with Crippen LogP contribution in [0.4, 0.5) is 0 Å². The number of hydrogen-bond donors (Lipinski definition) is 1. The third kappa shape index (κ3) is 4.59. The van der Waals surface area contributed by atoms with Crippen molar-refractivity contribution in [2.45, 2.75) is 62.8 Å². The van der Waals surface area contributed by atoms with Gasteiger partial charge in [0.1, 0.15) is 0 Å². The Morgan fingerprint density at radius 3 is 2.70 bits per heavy atom. The van der Waals surface area contributed by atoms with Crippen molar-refractivity contribution in [2.75, 3.05) is 26.3 Å². The Balaban J connectivity index is 1.35. The average Bonchev–Trinajstić information content (AvgIpc) is 2.99. The maximum absolute atomic E-state index is 12.9. The van der Waals surface area contributed by atoms with Gasteiger partial charge in [-0.1, -0.05) is 19.8 Å². The molecule has 1 N–H and O–H groups in total. The first kappa shape index (κ1) is 21.4. The van der Waals surface area contributed by atoms with Crippen LogP contribution in [0.15, 0.2) is 23.1 Å². The van der Waals surface area contributed by atoms with Crippen LogP contribution in [0.25, 0.3) is 0 Å². The number of nitrogens with zero attached hydrogens (tertiary/aromatic N) is 1. The largest absolute Gasteiger partial charge is 0.490 e. The first-order valence-electron chi connectivity index (χ1n) is 11.1. The van der Waals surface area contributed by atoms with Crippen molar-refractivity contribution in [1.82, 2.24) is 9.62 Å². The Labute approximate surface area is 179 Å². The summed E-state index contributed by atoms with van der Waals surface area (Å²) in [6.07, 6.45) is 6.68. The summed E-state index contributed by atoms with van der Waals surface area (Å²) < 4.78 is 39.1. The highest BCUT2D eigenvalue weighted by atomic mass is 32.2. The van der Waals surface area contributed by atoms with Gasteiger partial charge in [-0.15, -0.1) is 0 Å². The van der Waals surface area contributed by atoms with E-state index in [-0.39, 0.29) is 23.8 Å². The van der Waals surface area contributed by atoms with Crippen LogP contribution in [0.1, 0.15) is 51.9 Å². The van der Waals surface area contributed by atoms with Crippen molar-refractivity contribution in [2.24, 2.45) is 11.8 Å². The Hall–Kier alpha value is -1.80. The van der Waals surface area contributed by atoms with Gasteiger partial charge in [-0.2, -0.15) is 0 Å². The van der Waals surface area contributed by atoms with Gasteiger partial charge in [-0.25, -0.2) is 13.1 Å². The number of fused-ring (bicyclic) bond motifs is 2. The second-order valence-corrected chi connectivity index (χ2v) is 10.4. The molecule has 1 aromatic rings. The molecular weight excluding hydrogens is 404 g/mol. The van der Waals surface area contributed by atoms with Gasteiger partial charge in [-0.05, 0) is 43.2 Å². The lowest BCUT2D eigenvalue weighted by atomic mass is 9.72. The molecule has 2 aliphatic heterocycles. The van der Waals surface area contributed by atoms with Crippen molar-refractivity contribution < 1.29 is 22.7 Å². The van der Waals surface area contributed by atoms with Gasteiger partial charge >= 0.3 is 0 Å². The van der Waals surface area contributed by atoms with E-state index < -0.39 is 10.0 Å². The van der Waals surface area contributed by atoms with Crippen LogP contribution in [-0.4, -0.2) is 51.6 Å². The van der Waals surface area contributed by atoms with Crippen LogP contribution in [0, 0.1) is 11.8 Å². The highest BCUT2D eigenvalue weighted by molar-refractivity contribution is 7.89. The van der Waals surface area contributed by atoms with Gasteiger partial charge in [0.05, 0.1) is 18.1 Å². The van der Waals surface area contributed by atoms with Crippen LogP contribution in [0.2, 0.25) is 0 Å². The zero-order chi connectivity index (χ0) is 21.1. The maximum Gasteiger partial charge on any atom is 0.240 e. The molecular formula is C22H32N2O5S. The normalized spacial score (nSPS) is 26.6. The third-order valence-electron chi connectivity index (χ3n) is 6.72. The van der Waals surface area contributed by atoms with E-state index in [0.29, 0.717) is 42.6 Å². The number of hydrogen-bond acceptors (Lipinski definition) is 5. The minimum atomic E-state index is -3.72. The molecule has 0 bridgehead atoms. The molecule has 30 heavy (non-hydrogen) atoms. The molecule has 1 aliphatic carbocycles. The van der Waals surface area contributed by atoms with Gasteiger partial charge in [0.2, 0.25) is 15.9 Å². The Morgan fingerprint density at radius 2 is 1.87 bits per heavy atom. The Bertz CT molecular complexity index is 872. The van der Waals surface area contributed by atoms with Crippen LogP contribution >= 0.6 is 0 Å². The molecule has 1 amide bonds. The summed E-state index contributed by atoms with van der Waals surface area (Å²) in [7, 11) is -3.72. The van der Waals surface area contributed by atoms with E-state index in [2.05, 4.69) is 11.6 Å². The summed E-state index contributed by atoms with van der Waals surface area (Å²) in [5.74, 6) is 2.31. The summed E-state index contributed by atoms with van der Waals surface area (Å²) in [4.78, 5) is 15.0. The highest BCUT2D eigenvalue weighted by Gasteiger charge is 2.39. The van der Waals surface area contributed by atoms with E-state index in [9.17, 15) is 13.2 Å². The fourth-order valence-corrected chi connectivity index (χ4v) is 6.10. The van der Waals surface area contributed by atoms with Crippen LogP contribution in [0.3, 0.4) is 0 Å². The number of ether oxygens (including phenoxy) is 2. The topological polar surface area (TPSA) is 84.9 Å². The minimum Gasteiger partial charge on any atom is -0.490 e. The fourth-order valence-electron chi connectivity index (χ4n) is 5.05. The van der Waals surface area contributed by atoms with Crippen LogP contribution in [-0.2, 0) is 14.8 Å². The lowest BCUT2D eigenvalue weighted by Crippen LogP contribution is -2.52. The number of benzene rings is 1. The molecule has 0 unspecified atom stereocenters. The van der Waals surface area contributed by atoms with Gasteiger partial charge in [0, 0.05) is 38.0 Å². The highest BCUT2D eigenvalue weighted by Crippen LogP contribution is 2.39. The molecule has 4 rings (SSSR count). The van der Waals surface area contributed by atoms with E-state index in [0.717, 1.165) is 25.8 Å². The monoisotopic (exact) mass is 436 g/mol. The van der Waals surface area contributed by atoms with Crippen molar-refractivity contribution in [3.63, 3.8) is 0 Å². The number of rotatable bonds is 5.